The number of hydrogen-bond acceptors (Lipinski definition) is 2. The van der Waals surface area contributed by atoms with Crippen LogP contribution in [0, 0.1) is 0 Å². The fourth-order valence-electron chi connectivity index (χ4n) is 3.52. The average Bonchev–Trinajstić information content (AvgIpc) is 2.42. The lowest BCUT2D eigenvalue weighted by Crippen LogP contribution is -3.21. The Bertz CT molecular complexity index is 618. The first-order chi connectivity index (χ1) is 10.6. The molecule has 6 heteroatoms. The summed E-state index contributed by atoms with van der Waals surface area (Å²) in [6.45, 7) is 9.22. The van der Waals surface area contributed by atoms with Crippen molar-refractivity contribution in [3.8, 4) is 0 Å². The summed E-state index contributed by atoms with van der Waals surface area (Å²) in [6, 6.07) is 7.42. The van der Waals surface area contributed by atoms with E-state index in [2.05, 4.69) is 18.6 Å². The molecule has 1 fully saturated rings. The summed E-state index contributed by atoms with van der Waals surface area (Å²) in [5, 5.41) is 0.531. The monoisotopic (exact) mass is 359 g/mol. The van der Waals surface area contributed by atoms with E-state index < -0.39 is 15.6 Å². The molecule has 0 unspecified atom stereocenters. The van der Waals surface area contributed by atoms with E-state index in [0.29, 0.717) is 17.1 Å². The van der Waals surface area contributed by atoms with E-state index in [1.807, 2.05) is 13.8 Å². The van der Waals surface area contributed by atoms with Crippen LogP contribution in [-0.2, 0) is 10.0 Å². The minimum atomic E-state index is -3.54. The van der Waals surface area contributed by atoms with Gasteiger partial charge in [-0.05, 0) is 71.2 Å². The molecular weight excluding hydrogens is 332 g/mol. The molecular formula is C17H28ClN2O2S+. The molecule has 0 spiro atoms. The normalized spacial score (nSPS) is 23.9. The SMILES string of the molecule is C[C@@H]1CCC[C@@H](C)[NH+]1CC(C)(C)NS(=O)(=O)c1ccc(Cl)cc1. The van der Waals surface area contributed by atoms with Gasteiger partial charge in [0.25, 0.3) is 0 Å². The third-order valence-electron chi connectivity index (χ3n) is 4.72. The topological polar surface area (TPSA) is 50.6 Å². The Morgan fingerprint density at radius 3 is 2.22 bits per heavy atom. The number of likely N-dealkylation sites (tertiary alicyclic amines) is 1. The Labute approximate surface area is 145 Å². The summed E-state index contributed by atoms with van der Waals surface area (Å²) in [6.07, 6.45) is 3.68. The zero-order chi connectivity index (χ0) is 17.3. The number of nitrogens with one attached hydrogen (secondary N) is 2. The van der Waals surface area contributed by atoms with Gasteiger partial charge in [0.05, 0.1) is 29.1 Å². The summed E-state index contributed by atoms with van der Waals surface area (Å²) < 4.78 is 28.1. The fourth-order valence-corrected chi connectivity index (χ4v) is 5.06. The second-order valence-electron chi connectivity index (χ2n) is 7.43. The summed E-state index contributed by atoms with van der Waals surface area (Å²) in [7, 11) is -3.54. The minimum absolute atomic E-state index is 0.254. The van der Waals surface area contributed by atoms with E-state index in [4.69, 9.17) is 11.6 Å². The third-order valence-corrected chi connectivity index (χ3v) is 6.69. The largest absolute Gasteiger partial charge is 0.329 e. The highest BCUT2D eigenvalue weighted by atomic mass is 35.5. The predicted molar refractivity (Wildman–Crippen MR) is 94.5 cm³/mol. The Balaban J connectivity index is 2.11. The Hall–Kier alpha value is -0.620. The van der Waals surface area contributed by atoms with Gasteiger partial charge in [-0.1, -0.05) is 11.6 Å². The van der Waals surface area contributed by atoms with Crippen LogP contribution < -0.4 is 9.62 Å². The van der Waals surface area contributed by atoms with Crippen LogP contribution in [-0.4, -0.2) is 32.6 Å². The number of halogens is 1. The van der Waals surface area contributed by atoms with Crippen molar-refractivity contribution in [2.75, 3.05) is 6.54 Å². The van der Waals surface area contributed by atoms with Gasteiger partial charge in [0, 0.05) is 5.02 Å². The third kappa shape index (κ3) is 4.92. The standard InChI is InChI=1S/C17H27ClN2O2S/c1-13-6-5-7-14(2)20(13)12-17(3,4)19-23(21,22)16-10-8-15(18)9-11-16/h8-11,13-14,19H,5-7,12H2,1-4H3/p+1/t13-,14-/m1/s1. The maximum absolute atomic E-state index is 12.6. The number of rotatable bonds is 5. The molecule has 0 amide bonds. The first-order valence-electron chi connectivity index (χ1n) is 8.26. The molecule has 0 saturated carbocycles. The predicted octanol–water partition coefficient (Wildman–Crippen LogP) is 2.24. The molecule has 0 aromatic heterocycles. The molecule has 1 aliphatic rings. The molecule has 0 bridgehead atoms. The minimum Gasteiger partial charge on any atom is -0.329 e. The molecule has 1 saturated heterocycles. The van der Waals surface area contributed by atoms with Crippen molar-refractivity contribution in [3.05, 3.63) is 29.3 Å². The van der Waals surface area contributed by atoms with Crippen LogP contribution in [0.15, 0.2) is 29.2 Å². The van der Waals surface area contributed by atoms with Gasteiger partial charge in [-0.3, -0.25) is 0 Å². The smallest absolute Gasteiger partial charge is 0.241 e. The Morgan fingerprint density at radius 2 is 1.70 bits per heavy atom. The fraction of sp³-hybridized carbons (Fsp3) is 0.647. The van der Waals surface area contributed by atoms with Crippen LogP contribution in [0.1, 0.15) is 47.0 Å². The van der Waals surface area contributed by atoms with Crippen LogP contribution in [0.5, 0.6) is 0 Å². The summed E-state index contributed by atoms with van der Waals surface area (Å²) in [4.78, 5) is 1.74. The second kappa shape index (κ2) is 7.09. The van der Waals surface area contributed by atoms with Crippen LogP contribution >= 0.6 is 11.6 Å². The number of piperidine rings is 1. The van der Waals surface area contributed by atoms with Gasteiger partial charge >= 0.3 is 0 Å². The van der Waals surface area contributed by atoms with Crippen LogP contribution in [0.2, 0.25) is 5.02 Å². The lowest BCUT2D eigenvalue weighted by Gasteiger charge is -2.40. The number of hydrogen-bond donors (Lipinski definition) is 2. The van der Waals surface area contributed by atoms with Crippen molar-refractivity contribution in [3.63, 3.8) is 0 Å². The van der Waals surface area contributed by atoms with Crippen LogP contribution in [0.3, 0.4) is 0 Å². The molecule has 1 aromatic rings. The van der Waals surface area contributed by atoms with Gasteiger partial charge < -0.3 is 4.90 Å². The van der Waals surface area contributed by atoms with Crippen molar-refractivity contribution in [1.82, 2.24) is 4.72 Å². The maximum Gasteiger partial charge on any atom is 0.241 e. The van der Waals surface area contributed by atoms with Crippen molar-refractivity contribution < 1.29 is 13.3 Å². The molecule has 130 valence electrons. The molecule has 2 N–H and O–H groups in total. The Morgan fingerprint density at radius 1 is 1.17 bits per heavy atom. The first kappa shape index (κ1) is 18.7. The second-order valence-corrected chi connectivity index (χ2v) is 9.55. The molecule has 0 radical (unpaired) electrons. The van der Waals surface area contributed by atoms with Gasteiger partial charge in [0.1, 0.15) is 0 Å². The lowest BCUT2D eigenvalue weighted by atomic mass is 9.94. The van der Waals surface area contributed by atoms with Crippen molar-refractivity contribution in [2.45, 2.75) is 69.5 Å². The zero-order valence-corrected chi connectivity index (χ0v) is 16.0. The molecule has 1 heterocycles. The molecule has 23 heavy (non-hydrogen) atoms. The van der Waals surface area contributed by atoms with Gasteiger partial charge in [-0.25, -0.2) is 8.42 Å². The molecule has 1 aromatic carbocycles. The van der Waals surface area contributed by atoms with Gasteiger partial charge in [-0.2, -0.15) is 4.72 Å². The molecule has 1 aliphatic heterocycles. The van der Waals surface area contributed by atoms with Crippen molar-refractivity contribution >= 4 is 21.6 Å². The van der Waals surface area contributed by atoms with E-state index in [0.717, 1.165) is 6.54 Å². The van der Waals surface area contributed by atoms with Gasteiger partial charge in [0.15, 0.2) is 0 Å². The number of benzene rings is 1. The quantitative estimate of drug-likeness (QED) is 0.847. The molecule has 2 atom stereocenters. The van der Waals surface area contributed by atoms with E-state index in [-0.39, 0.29) is 4.90 Å². The maximum atomic E-state index is 12.6. The number of quaternary nitrogens is 1. The van der Waals surface area contributed by atoms with Gasteiger partial charge in [-0.15, -0.1) is 0 Å². The van der Waals surface area contributed by atoms with Crippen molar-refractivity contribution in [2.24, 2.45) is 0 Å². The average molecular weight is 360 g/mol. The summed E-state index contributed by atoms with van der Waals surface area (Å²) in [5.74, 6) is 0. The highest BCUT2D eigenvalue weighted by Gasteiger charge is 2.36. The molecule has 4 nitrogen and oxygen atoms in total. The lowest BCUT2D eigenvalue weighted by molar-refractivity contribution is -0.954. The zero-order valence-electron chi connectivity index (χ0n) is 14.4. The Kier molecular flexibility index (Phi) is 5.77. The van der Waals surface area contributed by atoms with E-state index in [1.54, 1.807) is 24.3 Å². The first-order valence-corrected chi connectivity index (χ1v) is 10.1. The highest BCUT2D eigenvalue weighted by molar-refractivity contribution is 7.89. The van der Waals surface area contributed by atoms with E-state index in [9.17, 15) is 8.42 Å². The summed E-state index contributed by atoms with van der Waals surface area (Å²) >= 11 is 5.84. The van der Waals surface area contributed by atoms with Gasteiger partial charge in [0.2, 0.25) is 10.0 Å². The highest BCUT2D eigenvalue weighted by Crippen LogP contribution is 2.16. The van der Waals surface area contributed by atoms with E-state index in [1.165, 1.54) is 24.2 Å². The molecule has 2 rings (SSSR count). The number of sulfonamides is 1. The van der Waals surface area contributed by atoms with E-state index >= 15 is 0 Å². The van der Waals surface area contributed by atoms with Crippen molar-refractivity contribution in [1.29, 1.82) is 0 Å². The van der Waals surface area contributed by atoms with Crippen LogP contribution in [0.4, 0.5) is 0 Å². The van der Waals surface area contributed by atoms with Crippen LogP contribution in [0.25, 0.3) is 0 Å². The summed E-state index contributed by atoms with van der Waals surface area (Å²) in [5.41, 5.74) is -0.506. The molecule has 0 aliphatic carbocycles.